The van der Waals surface area contributed by atoms with Gasteiger partial charge in [0.05, 0.1) is 6.61 Å². The zero-order valence-electron chi connectivity index (χ0n) is 9.23. The van der Waals surface area contributed by atoms with Gasteiger partial charge in [0.25, 0.3) is 0 Å². The summed E-state index contributed by atoms with van der Waals surface area (Å²) in [6.45, 7) is 8.36. The third-order valence-corrected chi connectivity index (χ3v) is 1.82. The first-order chi connectivity index (χ1) is 6.27. The molecule has 0 spiro atoms. The summed E-state index contributed by atoms with van der Waals surface area (Å²) >= 11 is 0. The average Bonchev–Trinajstić information content (AvgIpc) is 2.09. The standard InChI is InChI=1S/C10H24N2O/c1-10(2)12-7-5-4-6-11-8-9-13-3/h10-12H,4-9H2,1-3H3. The minimum absolute atomic E-state index is 0.612. The molecule has 2 N–H and O–H groups in total. The summed E-state index contributed by atoms with van der Waals surface area (Å²) in [5, 5.41) is 6.72. The number of hydrogen-bond acceptors (Lipinski definition) is 3. The highest BCUT2D eigenvalue weighted by molar-refractivity contribution is 4.54. The largest absolute Gasteiger partial charge is 0.383 e. The highest BCUT2D eigenvalue weighted by Gasteiger charge is 1.91. The van der Waals surface area contributed by atoms with Gasteiger partial charge in [0.2, 0.25) is 0 Å². The highest BCUT2D eigenvalue weighted by atomic mass is 16.5. The van der Waals surface area contributed by atoms with Crippen LogP contribution < -0.4 is 10.6 Å². The molecule has 0 aromatic carbocycles. The van der Waals surface area contributed by atoms with Crippen molar-refractivity contribution < 1.29 is 4.74 Å². The Morgan fingerprint density at radius 2 is 1.77 bits per heavy atom. The Hall–Kier alpha value is -0.120. The van der Waals surface area contributed by atoms with E-state index < -0.39 is 0 Å². The number of methoxy groups -OCH3 is 1. The van der Waals surface area contributed by atoms with E-state index in [2.05, 4.69) is 24.5 Å². The van der Waals surface area contributed by atoms with Crippen LogP contribution in [0.2, 0.25) is 0 Å². The molecule has 3 nitrogen and oxygen atoms in total. The van der Waals surface area contributed by atoms with E-state index in [-0.39, 0.29) is 0 Å². The number of ether oxygens (including phenoxy) is 1. The summed E-state index contributed by atoms with van der Waals surface area (Å²) in [6.07, 6.45) is 2.49. The Morgan fingerprint density at radius 3 is 2.38 bits per heavy atom. The van der Waals surface area contributed by atoms with E-state index in [1.165, 1.54) is 12.8 Å². The van der Waals surface area contributed by atoms with Gasteiger partial charge in [0, 0.05) is 19.7 Å². The van der Waals surface area contributed by atoms with Crippen molar-refractivity contribution in [3.63, 3.8) is 0 Å². The maximum atomic E-state index is 4.93. The summed E-state index contributed by atoms with van der Waals surface area (Å²) in [6, 6.07) is 0.612. The third-order valence-electron chi connectivity index (χ3n) is 1.82. The van der Waals surface area contributed by atoms with Gasteiger partial charge < -0.3 is 15.4 Å². The maximum absolute atomic E-state index is 4.93. The molecule has 13 heavy (non-hydrogen) atoms. The number of nitrogens with one attached hydrogen (secondary N) is 2. The molecule has 80 valence electrons. The summed E-state index contributed by atoms with van der Waals surface area (Å²) in [7, 11) is 1.73. The molecule has 0 rings (SSSR count). The first kappa shape index (κ1) is 12.9. The number of rotatable bonds is 9. The van der Waals surface area contributed by atoms with Crippen molar-refractivity contribution in [1.82, 2.24) is 10.6 Å². The Labute approximate surface area is 82.2 Å². The van der Waals surface area contributed by atoms with Crippen molar-refractivity contribution in [2.24, 2.45) is 0 Å². The first-order valence-electron chi connectivity index (χ1n) is 5.20. The van der Waals surface area contributed by atoms with E-state index in [0.29, 0.717) is 6.04 Å². The smallest absolute Gasteiger partial charge is 0.0587 e. The highest BCUT2D eigenvalue weighted by Crippen LogP contribution is 1.86. The number of hydrogen-bond donors (Lipinski definition) is 2. The predicted octanol–water partition coefficient (Wildman–Crippen LogP) is 1.00. The fraction of sp³-hybridized carbons (Fsp3) is 1.00. The van der Waals surface area contributed by atoms with Crippen molar-refractivity contribution in [3.8, 4) is 0 Å². The van der Waals surface area contributed by atoms with Crippen molar-refractivity contribution in [2.75, 3.05) is 33.4 Å². The van der Waals surface area contributed by atoms with Gasteiger partial charge in [0.1, 0.15) is 0 Å². The van der Waals surface area contributed by atoms with Crippen LogP contribution in [0.4, 0.5) is 0 Å². The van der Waals surface area contributed by atoms with E-state index in [1.807, 2.05) is 0 Å². The van der Waals surface area contributed by atoms with Crippen LogP contribution >= 0.6 is 0 Å². The molecule has 0 aliphatic rings. The van der Waals surface area contributed by atoms with Crippen LogP contribution in [0.25, 0.3) is 0 Å². The predicted molar refractivity (Wildman–Crippen MR) is 57.1 cm³/mol. The van der Waals surface area contributed by atoms with Crippen LogP contribution in [0.3, 0.4) is 0 Å². The SMILES string of the molecule is COCCNCCCCNC(C)C. The lowest BCUT2D eigenvalue weighted by molar-refractivity contribution is 0.199. The van der Waals surface area contributed by atoms with Crippen LogP contribution in [0.15, 0.2) is 0 Å². The Kier molecular flexibility index (Phi) is 9.87. The Bertz CT molecular complexity index is 96.9. The van der Waals surface area contributed by atoms with Crippen LogP contribution in [0.5, 0.6) is 0 Å². The van der Waals surface area contributed by atoms with E-state index in [1.54, 1.807) is 7.11 Å². The lowest BCUT2D eigenvalue weighted by atomic mass is 10.3. The van der Waals surface area contributed by atoms with Gasteiger partial charge in [-0.1, -0.05) is 13.8 Å². The molecular formula is C10H24N2O. The second-order valence-corrected chi connectivity index (χ2v) is 3.56. The quantitative estimate of drug-likeness (QED) is 0.530. The van der Waals surface area contributed by atoms with Gasteiger partial charge in [-0.2, -0.15) is 0 Å². The normalized spacial score (nSPS) is 11.1. The van der Waals surface area contributed by atoms with Gasteiger partial charge in [0.15, 0.2) is 0 Å². The molecule has 0 atom stereocenters. The Balaban J connectivity index is 2.84. The van der Waals surface area contributed by atoms with E-state index >= 15 is 0 Å². The summed E-state index contributed by atoms with van der Waals surface area (Å²) in [5.74, 6) is 0. The fourth-order valence-corrected chi connectivity index (χ4v) is 1.06. The fourth-order valence-electron chi connectivity index (χ4n) is 1.06. The molecule has 0 aliphatic carbocycles. The van der Waals surface area contributed by atoms with Crippen molar-refractivity contribution in [3.05, 3.63) is 0 Å². The second kappa shape index (κ2) is 9.96. The van der Waals surface area contributed by atoms with Gasteiger partial charge in [-0.15, -0.1) is 0 Å². The molecule has 0 radical (unpaired) electrons. The second-order valence-electron chi connectivity index (χ2n) is 3.56. The van der Waals surface area contributed by atoms with Crippen molar-refractivity contribution >= 4 is 0 Å². The zero-order valence-corrected chi connectivity index (χ0v) is 9.23. The molecule has 0 saturated heterocycles. The number of unbranched alkanes of at least 4 members (excludes halogenated alkanes) is 1. The van der Waals surface area contributed by atoms with Gasteiger partial charge in [-0.3, -0.25) is 0 Å². The van der Waals surface area contributed by atoms with Crippen LogP contribution in [-0.2, 0) is 4.74 Å². The van der Waals surface area contributed by atoms with Gasteiger partial charge in [-0.25, -0.2) is 0 Å². The lowest BCUT2D eigenvalue weighted by Crippen LogP contribution is -2.25. The van der Waals surface area contributed by atoms with Crippen molar-refractivity contribution in [1.29, 1.82) is 0 Å². The Morgan fingerprint density at radius 1 is 1.08 bits per heavy atom. The molecule has 0 saturated carbocycles. The van der Waals surface area contributed by atoms with Crippen LogP contribution in [0, 0.1) is 0 Å². The maximum Gasteiger partial charge on any atom is 0.0587 e. The monoisotopic (exact) mass is 188 g/mol. The average molecular weight is 188 g/mol. The van der Waals surface area contributed by atoms with Gasteiger partial charge >= 0.3 is 0 Å². The third kappa shape index (κ3) is 11.9. The minimum Gasteiger partial charge on any atom is -0.383 e. The molecule has 0 aliphatic heterocycles. The summed E-state index contributed by atoms with van der Waals surface area (Å²) < 4.78 is 4.93. The molecule has 0 aromatic rings. The van der Waals surface area contributed by atoms with Gasteiger partial charge in [-0.05, 0) is 25.9 Å². The molecule has 0 unspecified atom stereocenters. The minimum atomic E-state index is 0.612. The summed E-state index contributed by atoms with van der Waals surface area (Å²) in [4.78, 5) is 0. The van der Waals surface area contributed by atoms with Crippen LogP contribution in [-0.4, -0.2) is 39.4 Å². The first-order valence-corrected chi connectivity index (χ1v) is 5.20. The molecule has 0 bridgehead atoms. The topological polar surface area (TPSA) is 33.3 Å². The molecule has 0 amide bonds. The lowest BCUT2D eigenvalue weighted by Gasteiger charge is -2.07. The molecule has 0 fully saturated rings. The van der Waals surface area contributed by atoms with Crippen LogP contribution in [0.1, 0.15) is 26.7 Å². The van der Waals surface area contributed by atoms with E-state index in [4.69, 9.17) is 4.74 Å². The molecule has 0 heterocycles. The molecule has 3 heteroatoms. The zero-order chi connectivity index (χ0) is 9.94. The van der Waals surface area contributed by atoms with E-state index in [0.717, 1.165) is 26.2 Å². The van der Waals surface area contributed by atoms with E-state index in [9.17, 15) is 0 Å². The molecule has 0 aromatic heterocycles. The molecular weight excluding hydrogens is 164 g/mol. The van der Waals surface area contributed by atoms with Crippen molar-refractivity contribution in [2.45, 2.75) is 32.7 Å². The summed E-state index contributed by atoms with van der Waals surface area (Å²) in [5.41, 5.74) is 0.